The molecule has 0 radical (unpaired) electrons. The highest BCUT2D eigenvalue weighted by atomic mass is 31.2. The van der Waals surface area contributed by atoms with Gasteiger partial charge in [0.15, 0.2) is 0 Å². The zero-order chi connectivity index (χ0) is 59.8. The summed E-state index contributed by atoms with van der Waals surface area (Å²) in [5.41, 5.74) is 0. The topological polar surface area (TPSA) is 105 Å². The summed E-state index contributed by atoms with van der Waals surface area (Å²) in [5, 5.41) is 14.2. The second-order valence-corrected chi connectivity index (χ2v) is 27.0. The number of carbonyl (C=O) groups is 1. The molecule has 0 aliphatic rings. The Morgan fingerprint density at radius 1 is 0.427 bits per heavy atom. The maximum Gasteiger partial charge on any atom is 0.472 e. The van der Waals surface area contributed by atoms with E-state index < -0.39 is 20.0 Å². The Balaban J connectivity index is 3.99. The molecule has 1 amide bonds. The minimum absolute atomic E-state index is 0.0756. The fraction of sp³-hybridized carbons (Fsp3) is 0.849. The minimum atomic E-state index is -4.33. The highest BCUT2D eigenvalue weighted by Gasteiger charge is 2.28. The van der Waals surface area contributed by atoms with E-state index >= 15 is 0 Å². The highest BCUT2D eigenvalue weighted by Crippen LogP contribution is 2.43. The van der Waals surface area contributed by atoms with Crippen LogP contribution in [0.5, 0.6) is 0 Å². The van der Waals surface area contributed by atoms with Gasteiger partial charge in [0.2, 0.25) is 5.91 Å². The van der Waals surface area contributed by atoms with Crippen LogP contribution in [0.2, 0.25) is 0 Å². The maximum atomic E-state index is 13.1. The molecule has 3 atom stereocenters. The summed E-state index contributed by atoms with van der Waals surface area (Å²) in [4.78, 5) is 23.5. The van der Waals surface area contributed by atoms with Gasteiger partial charge in [0, 0.05) is 6.42 Å². The molecular weight excluding hydrogens is 1030 g/mol. The predicted octanol–water partition coefficient (Wildman–Crippen LogP) is 22.8. The first-order valence-electron chi connectivity index (χ1n) is 35.7. The molecule has 0 bridgehead atoms. The van der Waals surface area contributed by atoms with E-state index in [-0.39, 0.29) is 19.1 Å². The molecule has 482 valence electrons. The van der Waals surface area contributed by atoms with Gasteiger partial charge in [-0.3, -0.25) is 13.8 Å². The first-order valence-corrected chi connectivity index (χ1v) is 37.1. The van der Waals surface area contributed by atoms with Gasteiger partial charge in [-0.25, -0.2) is 4.57 Å². The molecule has 0 aliphatic heterocycles. The average Bonchev–Trinajstić information content (AvgIpc) is 3.45. The van der Waals surface area contributed by atoms with E-state index in [1.54, 1.807) is 0 Å². The standard InChI is InChI=1S/C73H139N2O6P/c1-6-8-10-12-14-16-18-20-22-24-26-28-30-32-33-34-35-36-37-38-39-40-41-43-45-47-49-51-53-55-57-59-61-63-65-67-73(77)74-71(70-81-82(78,79)80-69-68-75(3,4)5)72(76)66-64-62-60-58-56-54-52-50-48-46-44-42-31-29-27-25-23-21-19-17-15-13-11-9-7-2/h8,10,14,16,20,22,26,28,32-33,71-72,76H,6-7,9,11-13,15,17-19,21,23-25,27,29-31,34-70H2,1-5H3,(H-,74,77,78,79)/p+1/b10-8-,16-14-,22-20-,28-26-,33-32-. The largest absolute Gasteiger partial charge is 0.472 e. The number of amides is 1. The van der Waals surface area contributed by atoms with Crippen LogP contribution in [0, 0.1) is 0 Å². The van der Waals surface area contributed by atoms with E-state index in [1.807, 2.05) is 21.1 Å². The number of likely N-dealkylation sites (N-methyl/N-ethyl adjacent to an activating group) is 1. The lowest BCUT2D eigenvalue weighted by Crippen LogP contribution is -2.46. The molecule has 0 saturated carbocycles. The second-order valence-electron chi connectivity index (χ2n) is 25.6. The fourth-order valence-corrected chi connectivity index (χ4v) is 11.5. The van der Waals surface area contributed by atoms with Crippen molar-refractivity contribution in [3.05, 3.63) is 60.8 Å². The number of nitrogens with one attached hydrogen (secondary N) is 1. The number of phosphoric acid groups is 1. The van der Waals surface area contributed by atoms with Crippen molar-refractivity contribution in [3.63, 3.8) is 0 Å². The molecule has 8 nitrogen and oxygen atoms in total. The molecule has 0 rings (SSSR count). The lowest BCUT2D eigenvalue weighted by molar-refractivity contribution is -0.870. The number of unbranched alkanes of at least 4 members (excludes halogenated alkanes) is 43. The lowest BCUT2D eigenvalue weighted by atomic mass is 10.0. The Morgan fingerprint density at radius 2 is 0.732 bits per heavy atom. The molecule has 0 aromatic carbocycles. The Morgan fingerprint density at radius 3 is 1.07 bits per heavy atom. The zero-order valence-corrected chi connectivity index (χ0v) is 56.1. The van der Waals surface area contributed by atoms with Crippen LogP contribution in [0.1, 0.15) is 348 Å². The molecule has 0 saturated heterocycles. The van der Waals surface area contributed by atoms with Gasteiger partial charge in [-0.05, 0) is 57.8 Å². The van der Waals surface area contributed by atoms with Crippen molar-refractivity contribution in [2.75, 3.05) is 40.9 Å². The van der Waals surface area contributed by atoms with Crippen LogP contribution >= 0.6 is 7.82 Å². The van der Waals surface area contributed by atoms with Crippen LogP contribution in [0.3, 0.4) is 0 Å². The molecule has 0 aliphatic carbocycles. The number of rotatable bonds is 66. The number of aliphatic hydroxyl groups excluding tert-OH is 1. The monoisotopic (exact) mass is 1170 g/mol. The number of aliphatic hydroxyl groups is 1. The summed E-state index contributed by atoms with van der Waals surface area (Å²) in [5.74, 6) is -0.138. The molecule has 3 N–H and O–H groups in total. The van der Waals surface area contributed by atoms with Gasteiger partial charge in [0.1, 0.15) is 13.2 Å². The van der Waals surface area contributed by atoms with Gasteiger partial charge < -0.3 is 19.8 Å². The van der Waals surface area contributed by atoms with Gasteiger partial charge in [0.05, 0.1) is 39.9 Å². The molecule has 0 aromatic heterocycles. The summed E-state index contributed by atoms with van der Waals surface area (Å²) in [6, 6.07) is -0.762. The van der Waals surface area contributed by atoms with E-state index in [4.69, 9.17) is 9.05 Å². The van der Waals surface area contributed by atoms with Crippen molar-refractivity contribution in [2.24, 2.45) is 0 Å². The van der Waals surface area contributed by atoms with E-state index in [0.717, 1.165) is 70.6 Å². The Labute approximate surface area is 511 Å². The number of nitrogens with zero attached hydrogens (tertiary/aromatic N) is 1. The minimum Gasteiger partial charge on any atom is -0.391 e. The first-order chi connectivity index (χ1) is 40.0. The van der Waals surface area contributed by atoms with Crippen LogP contribution in [0.25, 0.3) is 0 Å². The number of carbonyl (C=O) groups excluding carboxylic acids is 1. The van der Waals surface area contributed by atoms with E-state index in [0.29, 0.717) is 23.9 Å². The number of allylic oxidation sites excluding steroid dienone is 10. The van der Waals surface area contributed by atoms with Gasteiger partial charge in [-0.15, -0.1) is 0 Å². The van der Waals surface area contributed by atoms with E-state index in [1.165, 1.54) is 250 Å². The van der Waals surface area contributed by atoms with Gasteiger partial charge in [0.25, 0.3) is 0 Å². The van der Waals surface area contributed by atoms with E-state index in [9.17, 15) is 19.4 Å². The molecule has 9 heteroatoms. The van der Waals surface area contributed by atoms with Crippen LogP contribution in [0.4, 0.5) is 0 Å². The van der Waals surface area contributed by atoms with Crippen LogP contribution in [-0.2, 0) is 18.4 Å². The second kappa shape index (κ2) is 63.7. The maximum absolute atomic E-state index is 13.1. The van der Waals surface area contributed by atoms with Crippen molar-refractivity contribution in [1.82, 2.24) is 5.32 Å². The first kappa shape index (κ1) is 80.2. The number of hydrogen-bond donors (Lipinski definition) is 3. The summed E-state index contributed by atoms with van der Waals surface area (Å²) in [6.45, 7) is 4.83. The van der Waals surface area contributed by atoms with Crippen molar-refractivity contribution in [1.29, 1.82) is 0 Å². The lowest BCUT2D eigenvalue weighted by Gasteiger charge is -2.26. The highest BCUT2D eigenvalue weighted by molar-refractivity contribution is 7.47. The van der Waals surface area contributed by atoms with Crippen LogP contribution < -0.4 is 5.32 Å². The molecule has 0 spiro atoms. The third-order valence-corrected chi connectivity index (χ3v) is 17.3. The summed E-state index contributed by atoms with van der Waals surface area (Å²) in [6.07, 6.45) is 87.5. The molecule has 0 heterocycles. The summed E-state index contributed by atoms with van der Waals surface area (Å²) < 4.78 is 23.9. The van der Waals surface area contributed by atoms with Crippen molar-refractivity contribution in [2.45, 2.75) is 360 Å². The Bertz CT molecular complexity index is 1520. The molecular formula is C73H140N2O6P+. The Hall–Kier alpha value is -1.80. The van der Waals surface area contributed by atoms with Gasteiger partial charge in [-0.2, -0.15) is 0 Å². The van der Waals surface area contributed by atoms with Crippen LogP contribution in [0.15, 0.2) is 60.8 Å². The molecule has 0 fully saturated rings. The Kier molecular flexibility index (Phi) is 62.3. The quantitative estimate of drug-likeness (QED) is 0.0243. The van der Waals surface area contributed by atoms with Crippen molar-refractivity contribution in [3.8, 4) is 0 Å². The number of hydrogen-bond acceptors (Lipinski definition) is 5. The molecule has 0 aromatic rings. The zero-order valence-electron chi connectivity index (χ0n) is 55.2. The predicted molar refractivity (Wildman–Crippen MR) is 360 cm³/mol. The summed E-state index contributed by atoms with van der Waals surface area (Å²) >= 11 is 0. The number of quaternary nitrogens is 1. The smallest absolute Gasteiger partial charge is 0.391 e. The molecule has 82 heavy (non-hydrogen) atoms. The molecule has 3 unspecified atom stereocenters. The normalized spacial score (nSPS) is 14.0. The SMILES string of the molecule is CC/C=C\C/C=C\C/C=C\C/C=C\C/C=C\CCCCCCCCCCCCCCCCCCCCCC(=O)NC(COP(=O)(O)OCC[N+](C)(C)C)C(O)CCCCCCCCCCCCCCCCCCCCCCCCCCC. The van der Waals surface area contributed by atoms with Gasteiger partial charge >= 0.3 is 7.82 Å². The number of phosphoric ester groups is 1. The van der Waals surface area contributed by atoms with Crippen molar-refractivity contribution < 1.29 is 32.9 Å². The van der Waals surface area contributed by atoms with Gasteiger partial charge in [-0.1, -0.05) is 344 Å². The fourth-order valence-electron chi connectivity index (χ4n) is 10.8. The van der Waals surface area contributed by atoms with Crippen molar-refractivity contribution >= 4 is 13.7 Å². The summed E-state index contributed by atoms with van der Waals surface area (Å²) in [7, 11) is 1.63. The third-order valence-electron chi connectivity index (χ3n) is 16.3. The van der Waals surface area contributed by atoms with Crippen LogP contribution in [-0.4, -0.2) is 73.4 Å². The third kappa shape index (κ3) is 65.7. The van der Waals surface area contributed by atoms with E-state index in [2.05, 4.69) is 79.9 Å². The average molecular weight is 1170 g/mol.